The number of benzene rings is 2. The van der Waals surface area contributed by atoms with E-state index in [0.29, 0.717) is 11.4 Å². The molecule has 11 heteroatoms. The van der Waals surface area contributed by atoms with Gasteiger partial charge >= 0.3 is 6.18 Å². The second kappa shape index (κ2) is 8.08. The number of azo groups is 1. The number of aromatic hydroxyl groups is 1. The zero-order valence-corrected chi connectivity index (χ0v) is 17.9. The van der Waals surface area contributed by atoms with Gasteiger partial charge in [0.05, 0.1) is 28.3 Å². The highest BCUT2D eigenvalue weighted by Gasteiger charge is 2.31. The van der Waals surface area contributed by atoms with Crippen molar-refractivity contribution < 1.29 is 18.3 Å². The minimum absolute atomic E-state index is 0.00852. The fourth-order valence-corrected chi connectivity index (χ4v) is 3.39. The molecular formula is C22H19F3N6O2. The molecule has 0 saturated carbocycles. The maximum atomic E-state index is 13.1. The molecule has 0 aliphatic rings. The molecular weight excluding hydrogens is 437 g/mol. The number of hydrogen-bond donors (Lipinski definition) is 1. The normalized spacial score (nSPS) is 12.1. The molecule has 0 saturated heterocycles. The van der Waals surface area contributed by atoms with Crippen molar-refractivity contribution >= 4 is 11.4 Å². The predicted octanol–water partition coefficient (Wildman–Crippen LogP) is 5.12. The van der Waals surface area contributed by atoms with Gasteiger partial charge in [0, 0.05) is 7.05 Å². The van der Waals surface area contributed by atoms with Crippen molar-refractivity contribution in [3.05, 3.63) is 81.9 Å². The summed E-state index contributed by atoms with van der Waals surface area (Å²) in [6.45, 7) is 3.23. The molecule has 2 aromatic carbocycles. The lowest BCUT2D eigenvalue weighted by Crippen LogP contribution is -2.19. The number of nitrogens with zero attached hydrogens (tertiary/aromatic N) is 6. The Balaban J connectivity index is 1.75. The van der Waals surface area contributed by atoms with Crippen molar-refractivity contribution in [2.45, 2.75) is 20.0 Å². The van der Waals surface area contributed by atoms with Crippen molar-refractivity contribution in [2.24, 2.45) is 17.3 Å². The van der Waals surface area contributed by atoms with Crippen LogP contribution in [0.15, 0.2) is 69.6 Å². The summed E-state index contributed by atoms with van der Waals surface area (Å²) in [5, 5.41) is 22.7. The molecule has 0 amide bonds. The van der Waals surface area contributed by atoms with Gasteiger partial charge in [-0.25, -0.2) is 4.68 Å². The van der Waals surface area contributed by atoms with Crippen LogP contribution >= 0.6 is 0 Å². The molecule has 4 rings (SSSR count). The number of hydrogen-bond acceptors (Lipinski definition) is 5. The van der Waals surface area contributed by atoms with E-state index in [1.807, 2.05) is 6.07 Å². The van der Waals surface area contributed by atoms with Gasteiger partial charge in [-0.1, -0.05) is 24.3 Å². The Bertz CT molecular complexity index is 1410. The molecule has 1 N–H and O–H groups in total. The Morgan fingerprint density at radius 1 is 0.939 bits per heavy atom. The monoisotopic (exact) mass is 456 g/mol. The average molecular weight is 456 g/mol. The Hall–Kier alpha value is -4.15. The SMILES string of the molecule is Cc1nn(-c2cccc(C(F)(F)F)c2)c(O)c1/N=N/c1c(C)n(C)n(-c2ccccc2)c1=O. The van der Waals surface area contributed by atoms with Crippen LogP contribution in [-0.4, -0.2) is 24.3 Å². The Kier molecular flexibility index (Phi) is 5.40. The third-order valence-corrected chi connectivity index (χ3v) is 5.20. The molecule has 2 aromatic heterocycles. The summed E-state index contributed by atoms with van der Waals surface area (Å²) in [6.07, 6.45) is -4.54. The van der Waals surface area contributed by atoms with E-state index in [-0.39, 0.29) is 22.8 Å². The minimum atomic E-state index is -4.54. The number of alkyl halides is 3. The molecule has 0 atom stereocenters. The summed E-state index contributed by atoms with van der Waals surface area (Å²) in [6, 6.07) is 13.4. The summed E-state index contributed by atoms with van der Waals surface area (Å²) in [7, 11) is 1.71. The van der Waals surface area contributed by atoms with Crippen LogP contribution < -0.4 is 5.56 Å². The van der Waals surface area contributed by atoms with Crippen LogP contribution in [0.3, 0.4) is 0 Å². The smallest absolute Gasteiger partial charge is 0.416 e. The molecule has 0 aliphatic carbocycles. The molecule has 0 aliphatic heterocycles. The third kappa shape index (κ3) is 3.93. The number of para-hydroxylation sites is 1. The first-order chi connectivity index (χ1) is 15.6. The van der Waals surface area contributed by atoms with Gasteiger partial charge in [-0.05, 0) is 44.2 Å². The molecule has 8 nitrogen and oxygen atoms in total. The van der Waals surface area contributed by atoms with Crippen LogP contribution in [-0.2, 0) is 13.2 Å². The van der Waals surface area contributed by atoms with Crippen LogP contribution in [0.2, 0.25) is 0 Å². The topological polar surface area (TPSA) is 89.7 Å². The lowest BCUT2D eigenvalue weighted by Gasteiger charge is -2.09. The Morgan fingerprint density at radius 3 is 2.24 bits per heavy atom. The number of halogens is 3. The summed E-state index contributed by atoms with van der Waals surface area (Å²) < 4.78 is 43.2. The molecule has 170 valence electrons. The Morgan fingerprint density at radius 2 is 1.58 bits per heavy atom. The molecule has 0 radical (unpaired) electrons. The summed E-state index contributed by atoms with van der Waals surface area (Å²) in [4.78, 5) is 13.0. The maximum Gasteiger partial charge on any atom is 0.416 e. The van der Waals surface area contributed by atoms with E-state index in [4.69, 9.17) is 0 Å². The van der Waals surface area contributed by atoms with Gasteiger partial charge in [-0.3, -0.25) is 9.48 Å². The molecule has 0 fully saturated rings. The minimum Gasteiger partial charge on any atom is -0.492 e. The molecule has 0 spiro atoms. The van der Waals surface area contributed by atoms with Gasteiger partial charge < -0.3 is 5.11 Å². The van der Waals surface area contributed by atoms with E-state index >= 15 is 0 Å². The maximum absolute atomic E-state index is 13.1. The summed E-state index contributed by atoms with van der Waals surface area (Å²) >= 11 is 0. The number of rotatable bonds is 4. The van der Waals surface area contributed by atoms with Crippen molar-refractivity contribution in [1.82, 2.24) is 19.1 Å². The molecule has 4 aromatic rings. The van der Waals surface area contributed by atoms with E-state index in [9.17, 15) is 23.1 Å². The van der Waals surface area contributed by atoms with Crippen LogP contribution in [0, 0.1) is 13.8 Å². The predicted molar refractivity (Wildman–Crippen MR) is 115 cm³/mol. The standard InChI is InChI=1S/C22H19F3N6O2/c1-13-18(20(32)30(28-13)17-11-7-8-15(12-17)22(23,24)25)26-27-19-14(2)29(3)31(21(19)33)16-9-5-4-6-10-16/h4-12,32H,1-3H3/b27-26+. The fraction of sp³-hybridized carbons (Fsp3) is 0.182. The second-order valence-electron chi connectivity index (χ2n) is 7.33. The van der Waals surface area contributed by atoms with E-state index in [1.54, 1.807) is 42.9 Å². The highest BCUT2D eigenvalue weighted by Crippen LogP contribution is 2.36. The number of aryl methyl sites for hydroxylation is 1. The van der Waals surface area contributed by atoms with E-state index in [0.717, 1.165) is 16.8 Å². The summed E-state index contributed by atoms with van der Waals surface area (Å²) in [5.74, 6) is -0.493. The van der Waals surface area contributed by atoms with Gasteiger partial charge in [0.15, 0.2) is 11.4 Å². The van der Waals surface area contributed by atoms with Gasteiger partial charge in [-0.2, -0.15) is 23.0 Å². The van der Waals surface area contributed by atoms with Crippen LogP contribution in [0.5, 0.6) is 5.88 Å². The quantitative estimate of drug-likeness (QED) is 0.432. The fourth-order valence-electron chi connectivity index (χ4n) is 3.39. The van der Waals surface area contributed by atoms with E-state index in [1.165, 1.54) is 23.7 Å². The van der Waals surface area contributed by atoms with Crippen molar-refractivity contribution in [1.29, 1.82) is 0 Å². The van der Waals surface area contributed by atoms with Gasteiger partial charge in [0.25, 0.3) is 5.56 Å². The molecule has 0 unspecified atom stereocenters. The van der Waals surface area contributed by atoms with Gasteiger partial charge in [-0.15, -0.1) is 10.2 Å². The zero-order chi connectivity index (χ0) is 23.9. The highest BCUT2D eigenvalue weighted by atomic mass is 19.4. The van der Waals surface area contributed by atoms with Crippen LogP contribution in [0.1, 0.15) is 17.0 Å². The van der Waals surface area contributed by atoms with Crippen molar-refractivity contribution in [3.8, 4) is 17.3 Å². The lowest BCUT2D eigenvalue weighted by molar-refractivity contribution is -0.137. The average Bonchev–Trinajstić information content (AvgIpc) is 3.18. The van der Waals surface area contributed by atoms with E-state index in [2.05, 4.69) is 15.3 Å². The highest BCUT2D eigenvalue weighted by molar-refractivity contribution is 5.55. The molecule has 33 heavy (non-hydrogen) atoms. The first kappa shape index (κ1) is 22.1. The first-order valence-corrected chi connectivity index (χ1v) is 9.81. The van der Waals surface area contributed by atoms with Gasteiger partial charge in [0.1, 0.15) is 0 Å². The second-order valence-corrected chi connectivity index (χ2v) is 7.33. The summed E-state index contributed by atoms with van der Waals surface area (Å²) in [5.41, 5.74) is 0.138. The third-order valence-electron chi connectivity index (χ3n) is 5.20. The lowest BCUT2D eigenvalue weighted by atomic mass is 10.2. The molecule has 0 bridgehead atoms. The van der Waals surface area contributed by atoms with Crippen LogP contribution in [0.4, 0.5) is 24.5 Å². The number of aromatic nitrogens is 4. The first-order valence-electron chi connectivity index (χ1n) is 9.81. The van der Waals surface area contributed by atoms with Gasteiger partial charge in [0.2, 0.25) is 5.88 Å². The van der Waals surface area contributed by atoms with Crippen molar-refractivity contribution in [2.75, 3.05) is 0 Å². The Labute approximate surface area is 185 Å². The van der Waals surface area contributed by atoms with Crippen LogP contribution in [0.25, 0.3) is 11.4 Å². The largest absolute Gasteiger partial charge is 0.492 e. The molecule has 2 heterocycles. The van der Waals surface area contributed by atoms with E-state index < -0.39 is 23.2 Å². The van der Waals surface area contributed by atoms with Crippen molar-refractivity contribution in [3.63, 3.8) is 0 Å². The zero-order valence-electron chi connectivity index (χ0n) is 17.9.